The van der Waals surface area contributed by atoms with Crippen LogP contribution >= 0.6 is 0 Å². The lowest BCUT2D eigenvalue weighted by molar-refractivity contribution is 0.910. The fraction of sp³-hybridized carbons (Fsp3) is 0.636. The van der Waals surface area contributed by atoms with Crippen LogP contribution in [0.1, 0.15) is 41.0 Å². The Bertz CT molecular complexity index is 109. The van der Waals surface area contributed by atoms with Crippen molar-refractivity contribution in [1.82, 2.24) is 0 Å². The summed E-state index contributed by atoms with van der Waals surface area (Å²) >= 11 is 0. The molecule has 1 unspecified atom stereocenters. The van der Waals surface area contributed by atoms with E-state index in [0.717, 1.165) is 6.42 Å². The second-order valence-corrected chi connectivity index (χ2v) is 2.46. The minimum Gasteiger partial charge on any atom is -0.102 e. The average Bonchev–Trinajstić information content (AvgIpc) is 2.07. The van der Waals surface area contributed by atoms with Gasteiger partial charge in [0.15, 0.2) is 0 Å². The minimum absolute atomic E-state index is 0.532. The summed E-state index contributed by atoms with van der Waals surface area (Å²) in [6, 6.07) is 0. The molecule has 0 bridgehead atoms. The Balaban J connectivity index is 0. The van der Waals surface area contributed by atoms with Gasteiger partial charge in [0.05, 0.1) is 0 Å². The summed E-state index contributed by atoms with van der Waals surface area (Å²) in [5.41, 5.74) is 1.45. The van der Waals surface area contributed by atoms with Crippen LogP contribution in [0.4, 0.5) is 0 Å². The minimum atomic E-state index is 0.532. The number of hydrogen-bond donors (Lipinski definition) is 0. The zero-order valence-electron chi connectivity index (χ0n) is 8.65. The zero-order chi connectivity index (χ0) is 9.28. The SMILES string of the molecule is C=CC(C)/C=C(\C)CC.CC. The maximum absolute atomic E-state index is 3.70. The summed E-state index contributed by atoms with van der Waals surface area (Å²) in [5.74, 6) is 0.532. The summed E-state index contributed by atoms with van der Waals surface area (Å²) in [7, 11) is 0. The normalized spacial score (nSPS) is 13.0. The molecular formula is C11H22. The molecule has 0 aliphatic carbocycles. The van der Waals surface area contributed by atoms with E-state index in [-0.39, 0.29) is 0 Å². The quantitative estimate of drug-likeness (QED) is 0.535. The van der Waals surface area contributed by atoms with E-state index in [2.05, 4.69) is 33.4 Å². The van der Waals surface area contributed by atoms with Gasteiger partial charge in [-0.05, 0) is 19.3 Å². The number of allylic oxidation sites excluding steroid dienone is 3. The van der Waals surface area contributed by atoms with Crippen molar-refractivity contribution >= 4 is 0 Å². The molecule has 0 nitrogen and oxygen atoms in total. The molecular weight excluding hydrogens is 132 g/mol. The summed E-state index contributed by atoms with van der Waals surface area (Å²) in [4.78, 5) is 0. The van der Waals surface area contributed by atoms with Crippen LogP contribution in [-0.2, 0) is 0 Å². The Labute approximate surface area is 72.0 Å². The molecule has 0 radical (unpaired) electrons. The van der Waals surface area contributed by atoms with Crippen LogP contribution in [0, 0.1) is 5.92 Å². The van der Waals surface area contributed by atoms with E-state index in [1.165, 1.54) is 5.57 Å². The van der Waals surface area contributed by atoms with Gasteiger partial charge in [-0.15, -0.1) is 6.58 Å². The first-order valence-electron chi connectivity index (χ1n) is 4.50. The Kier molecular flexibility index (Phi) is 11.3. The van der Waals surface area contributed by atoms with Gasteiger partial charge >= 0.3 is 0 Å². The Morgan fingerprint density at radius 1 is 1.45 bits per heavy atom. The van der Waals surface area contributed by atoms with Gasteiger partial charge in [0.2, 0.25) is 0 Å². The molecule has 0 aromatic carbocycles. The lowest BCUT2D eigenvalue weighted by atomic mass is 10.1. The van der Waals surface area contributed by atoms with Crippen molar-refractivity contribution in [2.75, 3.05) is 0 Å². The van der Waals surface area contributed by atoms with Crippen LogP contribution in [-0.4, -0.2) is 0 Å². The van der Waals surface area contributed by atoms with Crippen LogP contribution < -0.4 is 0 Å². The Hall–Kier alpha value is -0.520. The molecule has 0 aromatic heterocycles. The largest absolute Gasteiger partial charge is 0.102 e. The molecule has 66 valence electrons. The third-order valence-corrected chi connectivity index (χ3v) is 1.48. The van der Waals surface area contributed by atoms with Crippen molar-refractivity contribution in [1.29, 1.82) is 0 Å². The van der Waals surface area contributed by atoms with Crippen molar-refractivity contribution in [3.05, 3.63) is 24.3 Å². The van der Waals surface area contributed by atoms with E-state index in [4.69, 9.17) is 0 Å². The van der Waals surface area contributed by atoms with Gasteiger partial charge in [-0.1, -0.05) is 45.4 Å². The van der Waals surface area contributed by atoms with Crippen LogP contribution in [0.3, 0.4) is 0 Å². The highest BCUT2D eigenvalue weighted by molar-refractivity contribution is 5.03. The molecule has 0 fully saturated rings. The topological polar surface area (TPSA) is 0 Å². The molecule has 0 saturated heterocycles. The van der Waals surface area contributed by atoms with E-state index < -0.39 is 0 Å². The first-order chi connectivity index (χ1) is 5.20. The first kappa shape index (κ1) is 13.1. The first-order valence-corrected chi connectivity index (χ1v) is 4.50. The van der Waals surface area contributed by atoms with Crippen molar-refractivity contribution in [2.45, 2.75) is 41.0 Å². The van der Waals surface area contributed by atoms with Gasteiger partial charge in [-0.2, -0.15) is 0 Å². The molecule has 1 atom stereocenters. The van der Waals surface area contributed by atoms with Crippen LogP contribution in [0.25, 0.3) is 0 Å². The lowest BCUT2D eigenvalue weighted by Crippen LogP contribution is -1.83. The molecule has 0 aliphatic rings. The molecule has 11 heavy (non-hydrogen) atoms. The molecule has 0 heteroatoms. The van der Waals surface area contributed by atoms with E-state index in [0.29, 0.717) is 5.92 Å². The van der Waals surface area contributed by atoms with Gasteiger partial charge in [-0.3, -0.25) is 0 Å². The van der Waals surface area contributed by atoms with Crippen molar-refractivity contribution in [3.63, 3.8) is 0 Å². The van der Waals surface area contributed by atoms with Gasteiger partial charge in [0.1, 0.15) is 0 Å². The average molecular weight is 154 g/mol. The van der Waals surface area contributed by atoms with E-state index >= 15 is 0 Å². The van der Waals surface area contributed by atoms with Crippen LogP contribution in [0.5, 0.6) is 0 Å². The van der Waals surface area contributed by atoms with Gasteiger partial charge < -0.3 is 0 Å². The molecule has 0 N–H and O–H groups in total. The number of hydrogen-bond acceptors (Lipinski definition) is 0. The number of rotatable bonds is 3. The second kappa shape index (κ2) is 9.48. The highest BCUT2D eigenvalue weighted by Crippen LogP contribution is 2.05. The maximum atomic E-state index is 3.70. The van der Waals surface area contributed by atoms with Crippen LogP contribution in [0.15, 0.2) is 24.3 Å². The van der Waals surface area contributed by atoms with Gasteiger partial charge in [0, 0.05) is 0 Å². The summed E-state index contributed by atoms with van der Waals surface area (Å²) in [5, 5.41) is 0. The molecule has 0 amide bonds. The van der Waals surface area contributed by atoms with E-state index in [1.54, 1.807) is 0 Å². The maximum Gasteiger partial charge on any atom is -0.00820 e. The smallest absolute Gasteiger partial charge is 0.00820 e. The van der Waals surface area contributed by atoms with E-state index in [1.807, 2.05) is 19.9 Å². The third kappa shape index (κ3) is 9.48. The predicted molar refractivity (Wildman–Crippen MR) is 54.8 cm³/mol. The van der Waals surface area contributed by atoms with Crippen molar-refractivity contribution in [3.8, 4) is 0 Å². The Morgan fingerprint density at radius 2 is 1.91 bits per heavy atom. The summed E-state index contributed by atoms with van der Waals surface area (Å²) in [6.45, 7) is 14.2. The standard InChI is InChI=1S/C9H16.C2H6/c1-5-8(3)7-9(4)6-2;1-2/h5,7-8H,1,6H2,2-4H3;1-2H3/b9-7+;. The van der Waals surface area contributed by atoms with Gasteiger partial charge in [0.25, 0.3) is 0 Å². The van der Waals surface area contributed by atoms with Crippen molar-refractivity contribution in [2.24, 2.45) is 5.92 Å². The highest BCUT2D eigenvalue weighted by atomic mass is 13.9. The fourth-order valence-corrected chi connectivity index (χ4v) is 0.635. The fourth-order valence-electron chi connectivity index (χ4n) is 0.635. The molecule has 0 heterocycles. The van der Waals surface area contributed by atoms with Crippen molar-refractivity contribution < 1.29 is 0 Å². The molecule has 0 rings (SSSR count). The lowest BCUT2D eigenvalue weighted by Gasteiger charge is -1.98. The molecule has 0 aliphatic heterocycles. The Morgan fingerprint density at radius 3 is 2.18 bits per heavy atom. The predicted octanol–water partition coefficient (Wildman–Crippen LogP) is 4.19. The second-order valence-electron chi connectivity index (χ2n) is 2.46. The zero-order valence-corrected chi connectivity index (χ0v) is 8.65. The molecule has 0 spiro atoms. The monoisotopic (exact) mass is 154 g/mol. The third-order valence-electron chi connectivity index (χ3n) is 1.48. The van der Waals surface area contributed by atoms with E-state index in [9.17, 15) is 0 Å². The van der Waals surface area contributed by atoms with Gasteiger partial charge in [-0.25, -0.2) is 0 Å². The molecule has 0 aromatic rings. The highest BCUT2D eigenvalue weighted by Gasteiger charge is 1.88. The molecule has 0 saturated carbocycles. The summed E-state index contributed by atoms with van der Waals surface area (Å²) in [6.07, 6.45) is 5.35. The summed E-state index contributed by atoms with van der Waals surface area (Å²) < 4.78 is 0. The van der Waals surface area contributed by atoms with Crippen LogP contribution in [0.2, 0.25) is 0 Å².